The molecule has 1 aromatic carbocycles. The fourth-order valence-corrected chi connectivity index (χ4v) is 7.12. The lowest BCUT2D eigenvalue weighted by atomic mass is 9.65. The number of carbonyl (C=O) groups excluding carboxylic acids is 2. The first-order valence-electron chi connectivity index (χ1n) is 14.8. The molecule has 4 aliphatic rings. The van der Waals surface area contributed by atoms with Crippen molar-refractivity contribution < 1.29 is 37.7 Å². The average molecular weight is 592 g/mol. The minimum atomic E-state index is -4.56. The van der Waals surface area contributed by atoms with Crippen molar-refractivity contribution in [1.29, 1.82) is 0 Å². The highest BCUT2D eigenvalue weighted by Crippen LogP contribution is 2.52. The van der Waals surface area contributed by atoms with E-state index in [-0.39, 0.29) is 32.0 Å². The number of piperidine rings is 1. The highest BCUT2D eigenvalue weighted by Gasteiger charge is 2.56. The van der Waals surface area contributed by atoms with Crippen LogP contribution in [0, 0.1) is 11.3 Å². The molecule has 1 saturated carbocycles. The van der Waals surface area contributed by atoms with Gasteiger partial charge in [-0.25, -0.2) is 0 Å². The second-order valence-corrected chi connectivity index (χ2v) is 12.1. The summed E-state index contributed by atoms with van der Waals surface area (Å²) < 4.78 is 44.7. The Balaban J connectivity index is 1.38. The third-order valence-corrected chi connectivity index (χ3v) is 9.41. The maximum Gasteiger partial charge on any atom is 0.389 e. The third-order valence-electron chi connectivity index (χ3n) is 9.41. The van der Waals surface area contributed by atoms with E-state index in [0.717, 1.165) is 24.0 Å². The zero-order valence-corrected chi connectivity index (χ0v) is 23.8. The van der Waals surface area contributed by atoms with Crippen LogP contribution in [0.5, 0.6) is 0 Å². The predicted octanol–water partition coefficient (Wildman–Crippen LogP) is 3.21. The van der Waals surface area contributed by atoms with Crippen molar-refractivity contribution in [2.45, 2.75) is 50.3 Å². The van der Waals surface area contributed by atoms with Crippen LogP contribution in [0.4, 0.5) is 13.2 Å². The molecule has 0 radical (unpaired) electrons. The zero-order chi connectivity index (χ0) is 30.0. The molecule has 2 atom stereocenters. The van der Waals surface area contributed by atoms with Crippen LogP contribution < -0.4 is 0 Å². The van der Waals surface area contributed by atoms with Crippen LogP contribution in [0.25, 0.3) is 5.57 Å². The summed E-state index contributed by atoms with van der Waals surface area (Å²) in [4.78, 5) is 32.0. The van der Waals surface area contributed by atoms with Crippen molar-refractivity contribution >= 4 is 17.4 Å². The molecule has 1 spiro atoms. The number of amides is 2. The van der Waals surface area contributed by atoms with Gasteiger partial charge in [-0.1, -0.05) is 49.2 Å². The monoisotopic (exact) mass is 591 g/mol. The van der Waals surface area contributed by atoms with Gasteiger partial charge < -0.3 is 29.6 Å². The topological polar surface area (TPSA) is 93.6 Å². The van der Waals surface area contributed by atoms with Gasteiger partial charge in [-0.05, 0) is 30.4 Å². The summed E-state index contributed by atoms with van der Waals surface area (Å²) in [7, 11) is 0. The molecule has 2 N–H and O–H groups in total. The first-order chi connectivity index (χ1) is 20.0. The summed E-state index contributed by atoms with van der Waals surface area (Å²) in [6.45, 7) is 2.04. The zero-order valence-electron chi connectivity index (χ0n) is 23.8. The number of hydrogen-bond acceptors (Lipinski definition) is 6. The van der Waals surface area contributed by atoms with Gasteiger partial charge in [-0.15, -0.1) is 0 Å². The van der Waals surface area contributed by atoms with Gasteiger partial charge in [-0.2, -0.15) is 13.2 Å². The van der Waals surface area contributed by atoms with E-state index >= 15 is 0 Å². The number of halogens is 3. The quantitative estimate of drug-likeness (QED) is 0.506. The van der Waals surface area contributed by atoms with Gasteiger partial charge in [0, 0.05) is 50.9 Å². The number of benzene rings is 1. The summed E-state index contributed by atoms with van der Waals surface area (Å²) in [5.74, 6) is -2.36. The van der Waals surface area contributed by atoms with Gasteiger partial charge in [-0.3, -0.25) is 9.59 Å². The van der Waals surface area contributed by atoms with Crippen LogP contribution in [-0.4, -0.2) is 108 Å². The number of rotatable bonds is 7. The summed E-state index contributed by atoms with van der Waals surface area (Å²) in [6.07, 6.45) is 1.12. The molecule has 230 valence electrons. The normalized spacial score (nSPS) is 25.3. The summed E-state index contributed by atoms with van der Waals surface area (Å²) >= 11 is 0. The molecule has 8 nitrogen and oxygen atoms in total. The van der Waals surface area contributed by atoms with Gasteiger partial charge in [0.1, 0.15) is 0 Å². The van der Waals surface area contributed by atoms with E-state index in [1.165, 1.54) is 4.90 Å². The highest BCUT2D eigenvalue weighted by molar-refractivity contribution is 6.09. The van der Waals surface area contributed by atoms with Gasteiger partial charge in [0.15, 0.2) is 0 Å². The molecule has 0 bridgehead atoms. The second kappa shape index (κ2) is 12.4. The maximum atomic E-state index is 13.7. The number of likely N-dealkylation sites (tertiary alicyclic amines) is 1. The second-order valence-electron chi connectivity index (χ2n) is 12.1. The van der Waals surface area contributed by atoms with Crippen LogP contribution in [0.3, 0.4) is 0 Å². The van der Waals surface area contributed by atoms with E-state index in [1.807, 2.05) is 47.5 Å². The Hall–Kier alpha value is -2.89. The number of β-amino-alcohol motifs (C(OH)–C–C–N with tert-alkyl or cyclic N) is 1. The van der Waals surface area contributed by atoms with Crippen LogP contribution >= 0.6 is 0 Å². The molecule has 3 fully saturated rings. The number of alkyl halides is 3. The van der Waals surface area contributed by atoms with Crippen LogP contribution in [0.2, 0.25) is 0 Å². The highest BCUT2D eigenvalue weighted by atomic mass is 19.4. The summed E-state index contributed by atoms with van der Waals surface area (Å²) in [5, 5.41) is 21.8. The molecular weight excluding hydrogens is 551 g/mol. The lowest BCUT2D eigenvalue weighted by molar-refractivity contribution is -0.175. The van der Waals surface area contributed by atoms with Crippen LogP contribution in [0.15, 0.2) is 48.2 Å². The van der Waals surface area contributed by atoms with Crippen LogP contribution in [-0.2, 0) is 14.3 Å². The number of ether oxygens (including phenoxy) is 1. The number of aliphatic hydroxyl groups excluding tert-OH is 1. The average Bonchev–Trinajstić information content (AvgIpc) is 3.47. The van der Waals surface area contributed by atoms with Gasteiger partial charge in [0.2, 0.25) is 5.91 Å². The molecule has 3 aliphatic heterocycles. The van der Waals surface area contributed by atoms with E-state index < -0.39 is 42.0 Å². The van der Waals surface area contributed by atoms with E-state index in [2.05, 4.69) is 0 Å². The molecular formula is C31H40F3N3O5. The number of aliphatic hydroxyl groups is 2. The minimum Gasteiger partial charge on any atom is -0.396 e. The minimum absolute atomic E-state index is 0.0965. The Bertz CT molecular complexity index is 1190. The number of hydrogen-bond donors (Lipinski definition) is 2. The molecule has 2 amide bonds. The third kappa shape index (κ3) is 6.38. The van der Waals surface area contributed by atoms with Gasteiger partial charge >= 0.3 is 6.18 Å². The predicted molar refractivity (Wildman–Crippen MR) is 150 cm³/mol. The largest absolute Gasteiger partial charge is 0.396 e. The van der Waals surface area contributed by atoms with Crippen LogP contribution in [0.1, 0.15) is 44.1 Å². The fraction of sp³-hybridized carbons (Fsp3) is 0.613. The summed E-state index contributed by atoms with van der Waals surface area (Å²) in [6, 6.07) is 9.71. The Morgan fingerprint density at radius 1 is 1.00 bits per heavy atom. The molecule has 0 aromatic heterocycles. The number of morpholine rings is 1. The lowest BCUT2D eigenvalue weighted by Crippen LogP contribution is -2.64. The number of nitrogens with zero attached hydrogens (tertiary/aromatic N) is 3. The lowest BCUT2D eigenvalue weighted by Gasteiger charge is -2.54. The van der Waals surface area contributed by atoms with E-state index in [4.69, 9.17) is 4.74 Å². The van der Waals surface area contributed by atoms with Gasteiger partial charge in [0.25, 0.3) is 5.91 Å². The first-order valence-corrected chi connectivity index (χ1v) is 14.8. The molecule has 3 heterocycles. The molecule has 0 unspecified atom stereocenters. The van der Waals surface area contributed by atoms with Crippen molar-refractivity contribution in [2.75, 3.05) is 59.1 Å². The van der Waals surface area contributed by atoms with Crippen molar-refractivity contribution in [3.8, 4) is 0 Å². The maximum absolute atomic E-state index is 13.7. The van der Waals surface area contributed by atoms with Crippen molar-refractivity contribution in [3.05, 3.63) is 53.7 Å². The Labute approximate surface area is 244 Å². The fourth-order valence-electron chi connectivity index (χ4n) is 7.12. The Kier molecular flexibility index (Phi) is 9.01. The Morgan fingerprint density at radius 3 is 2.33 bits per heavy atom. The first kappa shape index (κ1) is 30.6. The van der Waals surface area contributed by atoms with E-state index in [9.17, 15) is 33.0 Å². The van der Waals surface area contributed by atoms with Crippen molar-refractivity contribution in [3.63, 3.8) is 0 Å². The van der Waals surface area contributed by atoms with E-state index in [1.54, 1.807) is 4.90 Å². The molecule has 11 heteroatoms. The molecule has 1 aromatic rings. The molecule has 2 saturated heterocycles. The smallest absolute Gasteiger partial charge is 0.389 e. The van der Waals surface area contributed by atoms with Crippen molar-refractivity contribution in [1.82, 2.24) is 14.7 Å². The standard InChI is InChI=1S/C31H40F3N3O5/c32-31(33,34)18-24(20-38)27(39)37-13-11-30(41,29(21-37)9-4-5-10-29)22-35-12-8-25(23-6-2-1-3-7-23)26(19-35)28(40)36-14-16-42-17-15-36/h1-3,6-8,19,24,38,41H,4-5,9-18,20-22H2/t24-,30+/m0/s1. The van der Waals surface area contributed by atoms with E-state index in [0.29, 0.717) is 51.3 Å². The molecule has 42 heavy (non-hydrogen) atoms. The molecule has 1 aliphatic carbocycles. The number of carbonyl (C=O) groups is 2. The Morgan fingerprint density at radius 2 is 1.69 bits per heavy atom. The van der Waals surface area contributed by atoms with Crippen molar-refractivity contribution in [2.24, 2.45) is 11.3 Å². The SMILES string of the molecule is O=C(C1=CN(C[C@]2(O)CCN(C(=O)[C@H](CO)CC(F)(F)F)CC23CCCC3)CC=C1c1ccccc1)N1CCOCC1. The molecule has 5 rings (SSSR count). The van der Waals surface area contributed by atoms with Gasteiger partial charge in [0.05, 0.1) is 43.3 Å². The summed E-state index contributed by atoms with van der Waals surface area (Å²) in [5.41, 5.74) is 0.432.